The van der Waals surface area contributed by atoms with E-state index >= 15 is 0 Å². The largest absolute Gasteiger partial charge is 0.462 e. The highest BCUT2D eigenvalue weighted by atomic mass is 32.2. The Morgan fingerprint density at radius 3 is 2.54 bits per heavy atom. The first-order valence-electron chi connectivity index (χ1n) is 7.11. The lowest BCUT2D eigenvalue weighted by molar-refractivity contribution is -0.117. The van der Waals surface area contributed by atoms with E-state index in [0.717, 1.165) is 11.8 Å². The van der Waals surface area contributed by atoms with Gasteiger partial charge in [-0.05, 0) is 26.8 Å². The summed E-state index contributed by atoms with van der Waals surface area (Å²) >= 11 is 0.982. The number of imide groups is 1. The highest BCUT2D eigenvalue weighted by molar-refractivity contribution is 8.00. The van der Waals surface area contributed by atoms with Crippen molar-refractivity contribution in [1.29, 1.82) is 5.26 Å². The summed E-state index contributed by atoms with van der Waals surface area (Å²) in [7, 11) is 0. The lowest BCUT2D eigenvalue weighted by atomic mass is 10.1. The van der Waals surface area contributed by atoms with Gasteiger partial charge in [0, 0.05) is 0 Å². The zero-order chi connectivity index (χ0) is 18.1. The molecular weight excluding hydrogens is 334 g/mol. The van der Waals surface area contributed by atoms with Crippen LogP contribution in [-0.2, 0) is 14.3 Å². The van der Waals surface area contributed by atoms with Crippen LogP contribution in [0.3, 0.4) is 0 Å². The Kier molecular flexibility index (Phi) is 7.71. The minimum Gasteiger partial charge on any atom is -0.462 e. The minimum absolute atomic E-state index is 0.126. The lowest BCUT2D eigenvalue weighted by Gasteiger charge is -2.09. The van der Waals surface area contributed by atoms with Gasteiger partial charge in [-0.25, -0.2) is 14.6 Å². The van der Waals surface area contributed by atoms with Crippen molar-refractivity contribution in [2.75, 3.05) is 19.0 Å². The molecule has 0 aliphatic rings. The van der Waals surface area contributed by atoms with Crippen molar-refractivity contribution in [2.24, 2.45) is 0 Å². The average molecular weight is 351 g/mol. The number of esters is 1. The van der Waals surface area contributed by atoms with Gasteiger partial charge in [0.2, 0.25) is 5.91 Å². The summed E-state index contributed by atoms with van der Waals surface area (Å²) in [6.07, 6.45) is -0.828. The molecule has 0 bridgehead atoms. The number of thioether (sulfide) groups is 1. The molecule has 8 nitrogen and oxygen atoms in total. The molecule has 0 unspecified atom stereocenters. The number of carbonyl (C=O) groups excluding carboxylic acids is 3. The summed E-state index contributed by atoms with van der Waals surface area (Å²) in [5.74, 6) is -1.26. The molecular formula is C15H17N3O5S. The lowest BCUT2D eigenvalue weighted by Crippen LogP contribution is -2.32. The van der Waals surface area contributed by atoms with Crippen LogP contribution in [0.25, 0.3) is 0 Å². The molecule has 0 saturated heterocycles. The van der Waals surface area contributed by atoms with E-state index in [9.17, 15) is 19.6 Å². The Hall–Kier alpha value is -2.60. The van der Waals surface area contributed by atoms with Crippen LogP contribution in [0.15, 0.2) is 11.1 Å². The highest BCUT2D eigenvalue weighted by Gasteiger charge is 2.17. The van der Waals surface area contributed by atoms with Crippen LogP contribution in [0.1, 0.15) is 35.5 Å². The Labute approximate surface area is 143 Å². The van der Waals surface area contributed by atoms with E-state index in [4.69, 9.17) is 4.74 Å². The van der Waals surface area contributed by atoms with Crippen molar-refractivity contribution in [3.05, 3.63) is 22.9 Å². The van der Waals surface area contributed by atoms with Gasteiger partial charge in [0.05, 0.1) is 35.8 Å². The number of alkyl carbamates (subject to hydrolysis) is 1. The van der Waals surface area contributed by atoms with Crippen molar-refractivity contribution in [3.63, 3.8) is 0 Å². The van der Waals surface area contributed by atoms with Crippen molar-refractivity contribution >= 4 is 29.7 Å². The van der Waals surface area contributed by atoms with Crippen LogP contribution >= 0.6 is 11.8 Å². The van der Waals surface area contributed by atoms with Crippen molar-refractivity contribution in [3.8, 4) is 6.07 Å². The van der Waals surface area contributed by atoms with Crippen LogP contribution in [0.5, 0.6) is 0 Å². The molecule has 0 aromatic carbocycles. The predicted molar refractivity (Wildman–Crippen MR) is 85.5 cm³/mol. The van der Waals surface area contributed by atoms with E-state index < -0.39 is 18.0 Å². The van der Waals surface area contributed by atoms with Crippen LogP contribution in [-0.4, -0.2) is 41.9 Å². The van der Waals surface area contributed by atoms with E-state index in [1.54, 1.807) is 20.8 Å². The second kappa shape index (κ2) is 9.52. The number of pyridine rings is 1. The third kappa shape index (κ3) is 5.55. The first kappa shape index (κ1) is 19.4. The second-order valence-corrected chi connectivity index (χ2v) is 5.33. The molecule has 1 heterocycles. The first-order chi connectivity index (χ1) is 11.4. The van der Waals surface area contributed by atoms with Gasteiger partial charge >= 0.3 is 12.1 Å². The number of aromatic nitrogens is 1. The fraction of sp³-hybridized carbons (Fsp3) is 0.400. The van der Waals surface area contributed by atoms with Crippen molar-refractivity contribution in [1.82, 2.24) is 10.3 Å². The van der Waals surface area contributed by atoms with Gasteiger partial charge < -0.3 is 9.47 Å². The topological polar surface area (TPSA) is 118 Å². The van der Waals surface area contributed by atoms with Gasteiger partial charge in [0.25, 0.3) is 0 Å². The van der Waals surface area contributed by atoms with Crippen molar-refractivity contribution in [2.45, 2.75) is 25.8 Å². The molecule has 1 N–H and O–H groups in total. The summed E-state index contributed by atoms with van der Waals surface area (Å²) in [6, 6.07) is 3.31. The van der Waals surface area contributed by atoms with Gasteiger partial charge in [0.15, 0.2) is 0 Å². The fourth-order valence-electron chi connectivity index (χ4n) is 1.64. The maximum absolute atomic E-state index is 11.8. The number of nitrogens with zero attached hydrogens (tertiary/aromatic N) is 2. The molecule has 1 aromatic rings. The molecule has 0 fully saturated rings. The molecule has 1 rings (SSSR count). The van der Waals surface area contributed by atoms with Crippen LogP contribution in [0.4, 0.5) is 4.79 Å². The maximum Gasteiger partial charge on any atom is 0.413 e. The molecule has 0 aliphatic carbocycles. The fourth-order valence-corrected chi connectivity index (χ4v) is 2.44. The van der Waals surface area contributed by atoms with E-state index in [1.807, 2.05) is 11.4 Å². The number of amides is 2. The quantitative estimate of drug-likeness (QED) is 0.609. The maximum atomic E-state index is 11.8. The Morgan fingerprint density at radius 2 is 1.96 bits per heavy atom. The van der Waals surface area contributed by atoms with Gasteiger partial charge in [-0.1, -0.05) is 11.8 Å². The summed E-state index contributed by atoms with van der Waals surface area (Å²) in [5.41, 5.74) is 0.743. The predicted octanol–water partition coefficient (Wildman–Crippen LogP) is 1.80. The molecule has 0 aliphatic heterocycles. The third-order valence-electron chi connectivity index (χ3n) is 2.65. The molecule has 0 saturated carbocycles. The number of hydrogen-bond acceptors (Lipinski definition) is 8. The minimum atomic E-state index is -0.828. The number of carbonyl (C=O) groups is 3. The van der Waals surface area contributed by atoms with Crippen LogP contribution in [0, 0.1) is 18.3 Å². The molecule has 0 spiro atoms. The number of ether oxygens (including phenoxy) is 2. The Bertz CT molecular complexity index is 684. The zero-order valence-electron chi connectivity index (χ0n) is 13.5. The summed E-state index contributed by atoms with van der Waals surface area (Å²) in [6.45, 7) is 5.27. The molecule has 0 atom stereocenters. The number of aryl methyl sites for hydroxylation is 1. The Morgan fingerprint density at radius 1 is 1.29 bits per heavy atom. The van der Waals surface area contributed by atoms with Gasteiger partial charge in [0.1, 0.15) is 11.1 Å². The summed E-state index contributed by atoms with van der Waals surface area (Å²) in [4.78, 5) is 38.7. The van der Waals surface area contributed by atoms with Crippen molar-refractivity contribution < 1.29 is 23.9 Å². The molecule has 0 radical (unpaired) electrons. The molecule has 24 heavy (non-hydrogen) atoms. The number of nitriles is 1. The normalized spacial score (nSPS) is 9.75. The van der Waals surface area contributed by atoms with Gasteiger partial charge in [-0.3, -0.25) is 10.1 Å². The molecule has 9 heteroatoms. The smallest absolute Gasteiger partial charge is 0.413 e. The Balaban J connectivity index is 2.84. The standard InChI is InChI=1S/C15H17N3O5S/c1-4-22-14(20)11-6-10(7-16)13(17-9(11)3)24-8-12(19)18-15(21)23-5-2/h6H,4-5,8H2,1-3H3,(H,18,19,21). The van der Waals surface area contributed by atoms with Crippen LogP contribution in [0.2, 0.25) is 0 Å². The third-order valence-corrected chi connectivity index (χ3v) is 3.64. The zero-order valence-corrected chi connectivity index (χ0v) is 14.4. The van der Waals surface area contributed by atoms with Crippen LogP contribution < -0.4 is 5.32 Å². The SMILES string of the molecule is CCOC(=O)NC(=O)CSc1nc(C)c(C(=O)OCC)cc1C#N. The van der Waals surface area contributed by atoms with E-state index in [2.05, 4.69) is 9.72 Å². The summed E-state index contributed by atoms with van der Waals surface area (Å²) < 4.78 is 9.50. The monoisotopic (exact) mass is 351 g/mol. The second-order valence-electron chi connectivity index (χ2n) is 4.36. The van der Waals surface area contributed by atoms with E-state index in [0.29, 0.717) is 10.7 Å². The van der Waals surface area contributed by atoms with Gasteiger partial charge in [-0.2, -0.15) is 5.26 Å². The molecule has 1 aromatic heterocycles. The first-order valence-corrected chi connectivity index (χ1v) is 8.09. The average Bonchev–Trinajstić information content (AvgIpc) is 2.53. The highest BCUT2D eigenvalue weighted by Crippen LogP contribution is 2.23. The number of hydrogen-bond donors (Lipinski definition) is 1. The number of nitrogens with one attached hydrogen (secondary N) is 1. The number of rotatable bonds is 6. The molecule has 128 valence electrons. The van der Waals surface area contributed by atoms with Gasteiger partial charge in [-0.15, -0.1) is 0 Å². The molecule has 2 amide bonds. The van der Waals surface area contributed by atoms with E-state index in [1.165, 1.54) is 6.07 Å². The van der Waals surface area contributed by atoms with E-state index in [-0.39, 0.29) is 30.1 Å². The summed E-state index contributed by atoms with van der Waals surface area (Å²) in [5, 5.41) is 11.5.